The van der Waals surface area contributed by atoms with E-state index in [1.165, 1.54) is 0 Å². The molecule has 114 valence electrons. The van der Waals surface area contributed by atoms with Crippen molar-refractivity contribution in [3.8, 4) is 0 Å². The van der Waals surface area contributed by atoms with Crippen molar-refractivity contribution in [1.29, 1.82) is 0 Å². The van der Waals surface area contributed by atoms with Crippen LogP contribution >= 0.6 is 0 Å². The fourth-order valence-electron chi connectivity index (χ4n) is 2.13. The number of nitrogens with two attached hydrogens (primary N) is 1. The Bertz CT molecular complexity index is 500. The molecule has 1 rings (SSSR count). The molecule has 0 aliphatic rings. The van der Waals surface area contributed by atoms with E-state index in [0.717, 1.165) is 0 Å². The van der Waals surface area contributed by atoms with Crippen LogP contribution in [-0.2, 0) is 9.84 Å². The lowest BCUT2D eigenvalue weighted by atomic mass is 10.00. The molecule has 2 unspecified atom stereocenters. The lowest BCUT2D eigenvalue weighted by Crippen LogP contribution is -2.34. The number of likely N-dealkylation sites (N-methyl/N-ethyl adjacent to an activating group) is 1. The maximum absolute atomic E-state index is 11.9. The Morgan fingerprint density at radius 3 is 2.35 bits per heavy atom. The Hall–Kier alpha value is -0.950. The number of hydrogen-bond acceptors (Lipinski definition) is 5. The largest absolute Gasteiger partial charge is 0.387 e. The maximum atomic E-state index is 11.9. The molecule has 0 bridgehead atoms. The third kappa shape index (κ3) is 4.28. The molecule has 0 saturated heterocycles. The van der Waals surface area contributed by atoms with Gasteiger partial charge in [-0.05, 0) is 44.1 Å². The lowest BCUT2D eigenvalue weighted by molar-refractivity contribution is 0.129. The Morgan fingerprint density at radius 2 is 1.90 bits per heavy atom. The minimum Gasteiger partial charge on any atom is -0.387 e. The second kappa shape index (κ2) is 7.73. The van der Waals surface area contributed by atoms with Crippen LogP contribution in [-0.4, -0.2) is 38.9 Å². The van der Waals surface area contributed by atoms with Gasteiger partial charge in [-0.15, -0.1) is 0 Å². The van der Waals surface area contributed by atoms with E-state index in [1.807, 2.05) is 6.92 Å². The van der Waals surface area contributed by atoms with Crippen LogP contribution in [0.25, 0.3) is 0 Å². The van der Waals surface area contributed by atoms with Crippen LogP contribution in [0, 0.1) is 0 Å². The van der Waals surface area contributed by atoms with Gasteiger partial charge in [0, 0.05) is 6.04 Å². The highest BCUT2D eigenvalue weighted by Crippen LogP contribution is 2.21. The smallest absolute Gasteiger partial charge is 0.178 e. The third-order valence-corrected chi connectivity index (χ3v) is 5.22. The first-order valence-corrected chi connectivity index (χ1v) is 8.49. The molecule has 0 spiro atoms. The number of aliphatic hydroxyl groups excluding tert-OH is 1. The van der Waals surface area contributed by atoms with Crippen molar-refractivity contribution in [1.82, 2.24) is 5.32 Å². The van der Waals surface area contributed by atoms with Gasteiger partial charge in [0.1, 0.15) is 0 Å². The van der Waals surface area contributed by atoms with Gasteiger partial charge in [-0.1, -0.05) is 19.1 Å². The van der Waals surface area contributed by atoms with Crippen molar-refractivity contribution in [3.63, 3.8) is 0 Å². The summed E-state index contributed by atoms with van der Waals surface area (Å²) >= 11 is 0. The summed E-state index contributed by atoms with van der Waals surface area (Å²) in [6.07, 6.45) is 0.532. The van der Waals surface area contributed by atoms with Gasteiger partial charge in [-0.25, -0.2) is 8.42 Å². The molecule has 6 heteroatoms. The van der Waals surface area contributed by atoms with Gasteiger partial charge < -0.3 is 16.2 Å². The lowest BCUT2D eigenvalue weighted by Gasteiger charge is -2.22. The van der Waals surface area contributed by atoms with Gasteiger partial charge in [0.15, 0.2) is 9.84 Å². The molecule has 0 fully saturated rings. The molecule has 0 saturated carbocycles. The summed E-state index contributed by atoms with van der Waals surface area (Å²) in [5, 5.41) is 13.3. The van der Waals surface area contributed by atoms with E-state index in [0.29, 0.717) is 29.8 Å². The standard InChI is InChI=1S/C14H24N2O3S/c1-3-10-20(18,19)12-6-4-11(5-7-12)14(17)13(16-2)8-9-15/h4-7,13-14,16-17H,3,8-10,15H2,1-2H3. The molecule has 0 heterocycles. The number of hydrogen-bond donors (Lipinski definition) is 3. The molecule has 0 amide bonds. The summed E-state index contributed by atoms with van der Waals surface area (Å²) in [5.74, 6) is 0.140. The number of aliphatic hydroxyl groups is 1. The average molecular weight is 300 g/mol. The van der Waals surface area contributed by atoms with Crippen LogP contribution in [0.3, 0.4) is 0 Å². The predicted molar refractivity (Wildman–Crippen MR) is 80.3 cm³/mol. The quantitative estimate of drug-likeness (QED) is 0.661. The maximum Gasteiger partial charge on any atom is 0.178 e. The van der Waals surface area contributed by atoms with E-state index in [-0.39, 0.29) is 11.8 Å². The third-order valence-electron chi connectivity index (χ3n) is 3.28. The Labute approximate surface area is 121 Å². The van der Waals surface area contributed by atoms with E-state index in [9.17, 15) is 13.5 Å². The zero-order chi connectivity index (χ0) is 15.2. The summed E-state index contributed by atoms with van der Waals surface area (Å²) < 4.78 is 23.8. The summed E-state index contributed by atoms with van der Waals surface area (Å²) in [6, 6.07) is 6.29. The Kier molecular flexibility index (Phi) is 6.61. The normalized spacial score (nSPS) is 15.0. The van der Waals surface area contributed by atoms with Gasteiger partial charge in [0.25, 0.3) is 0 Å². The van der Waals surface area contributed by atoms with Crippen LogP contribution in [0.5, 0.6) is 0 Å². The SMILES string of the molecule is CCCS(=O)(=O)c1ccc(C(O)C(CCN)NC)cc1. The van der Waals surface area contributed by atoms with Crippen molar-refractivity contribution >= 4 is 9.84 Å². The van der Waals surface area contributed by atoms with Crippen LogP contribution in [0.2, 0.25) is 0 Å². The zero-order valence-electron chi connectivity index (χ0n) is 12.0. The molecule has 1 aromatic carbocycles. The van der Waals surface area contributed by atoms with Crippen LogP contribution in [0.1, 0.15) is 31.4 Å². The first-order chi connectivity index (χ1) is 9.46. The highest BCUT2D eigenvalue weighted by Gasteiger charge is 2.19. The summed E-state index contributed by atoms with van der Waals surface area (Å²) in [6.45, 7) is 2.31. The van der Waals surface area contributed by atoms with Crippen molar-refractivity contribution in [2.75, 3.05) is 19.3 Å². The zero-order valence-corrected chi connectivity index (χ0v) is 12.9. The van der Waals surface area contributed by atoms with E-state index < -0.39 is 15.9 Å². The van der Waals surface area contributed by atoms with Gasteiger partial charge in [0.05, 0.1) is 16.8 Å². The highest BCUT2D eigenvalue weighted by molar-refractivity contribution is 7.91. The Balaban J connectivity index is 2.91. The number of nitrogens with one attached hydrogen (secondary N) is 1. The molecule has 20 heavy (non-hydrogen) atoms. The minimum absolute atomic E-state index is 0.140. The minimum atomic E-state index is -3.21. The van der Waals surface area contributed by atoms with Crippen molar-refractivity contribution in [3.05, 3.63) is 29.8 Å². The first kappa shape index (κ1) is 17.1. The molecular weight excluding hydrogens is 276 g/mol. The highest BCUT2D eigenvalue weighted by atomic mass is 32.2. The predicted octanol–water partition coefficient (Wildman–Crippen LogP) is 0.841. The van der Waals surface area contributed by atoms with E-state index in [1.54, 1.807) is 31.3 Å². The topological polar surface area (TPSA) is 92.4 Å². The Morgan fingerprint density at radius 1 is 1.30 bits per heavy atom. The molecule has 5 nitrogen and oxygen atoms in total. The number of benzene rings is 1. The van der Waals surface area contributed by atoms with Crippen molar-refractivity contribution < 1.29 is 13.5 Å². The first-order valence-electron chi connectivity index (χ1n) is 6.84. The van der Waals surface area contributed by atoms with Crippen LogP contribution in [0.4, 0.5) is 0 Å². The molecule has 0 radical (unpaired) electrons. The van der Waals surface area contributed by atoms with Crippen LogP contribution in [0.15, 0.2) is 29.2 Å². The monoisotopic (exact) mass is 300 g/mol. The van der Waals surface area contributed by atoms with E-state index >= 15 is 0 Å². The number of rotatable bonds is 8. The molecule has 0 aromatic heterocycles. The van der Waals surface area contributed by atoms with Gasteiger partial charge in [0.2, 0.25) is 0 Å². The second-order valence-electron chi connectivity index (χ2n) is 4.81. The fourth-order valence-corrected chi connectivity index (χ4v) is 3.45. The van der Waals surface area contributed by atoms with E-state index in [4.69, 9.17) is 5.73 Å². The van der Waals surface area contributed by atoms with Gasteiger partial charge >= 0.3 is 0 Å². The molecule has 1 aromatic rings. The summed E-state index contributed by atoms with van der Waals surface area (Å²) in [7, 11) is -1.44. The molecule has 0 aliphatic heterocycles. The van der Waals surface area contributed by atoms with Crippen LogP contribution < -0.4 is 11.1 Å². The molecule has 4 N–H and O–H groups in total. The molecular formula is C14H24N2O3S. The second-order valence-corrected chi connectivity index (χ2v) is 6.91. The van der Waals surface area contributed by atoms with Gasteiger partial charge in [-0.3, -0.25) is 0 Å². The fraction of sp³-hybridized carbons (Fsp3) is 0.571. The molecule has 2 atom stereocenters. The van der Waals surface area contributed by atoms with Crippen molar-refractivity contribution in [2.24, 2.45) is 5.73 Å². The summed E-state index contributed by atoms with van der Waals surface area (Å²) in [5.41, 5.74) is 6.19. The molecule has 0 aliphatic carbocycles. The van der Waals surface area contributed by atoms with Crippen molar-refractivity contribution in [2.45, 2.75) is 36.8 Å². The van der Waals surface area contributed by atoms with Gasteiger partial charge in [-0.2, -0.15) is 0 Å². The average Bonchev–Trinajstić information content (AvgIpc) is 2.44. The summed E-state index contributed by atoms with van der Waals surface area (Å²) in [4.78, 5) is 0.301. The van der Waals surface area contributed by atoms with E-state index in [2.05, 4.69) is 5.32 Å². The number of sulfone groups is 1.